The Hall–Kier alpha value is -2.41. The maximum absolute atomic E-state index is 11.1. The molecule has 0 spiro atoms. The molecule has 0 aliphatic heterocycles. The number of nitrogens with one attached hydrogen (secondary N) is 1. The molecule has 2 heterocycles. The fourth-order valence-corrected chi connectivity index (χ4v) is 2.53. The maximum Gasteiger partial charge on any atom is 0.284 e. The van der Waals surface area contributed by atoms with E-state index in [4.69, 9.17) is 21.8 Å². The Morgan fingerprint density at radius 2 is 2.25 bits per heavy atom. The minimum Gasteiger partial charge on any atom is -0.454 e. The Morgan fingerprint density at radius 1 is 1.50 bits per heavy atom. The van der Waals surface area contributed by atoms with E-state index < -0.39 is 5.91 Å². The quantitative estimate of drug-likeness (QED) is 0.615. The molecule has 0 fully saturated rings. The molecule has 3 N–H and O–H groups in total. The number of amides is 1. The Morgan fingerprint density at radius 3 is 2.79 bits per heavy atom. The van der Waals surface area contributed by atoms with Crippen molar-refractivity contribution >= 4 is 23.5 Å². The Kier molecular flexibility index (Phi) is 5.92. The highest BCUT2D eigenvalue weighted by Crippen LogP contribution is 2.14. The Bertz CT molecular complexity index is 735. The van der Waals surface area contributed by atoms with Gasteiger partial charge in [-0.15, -0.1) is 0 Å². The van der Waals surface area contributed by atoms with Gasteiger partial charge in [-0.1, -0.05) is 11.6 Å². The number of aliphatic imine (C=N–C) groups is 1. The molecule has 7 nitrogen and oxygen atoms in total. The van der Waals surface area contributed by atoms with Gasteiger partial charge in [-0.25, -0.2) is 4.99 Å². The average molecular weight is 352 g/mol. The number of hydrogen-bond donors (Lipinski definition) is 2. The second kappa shape index (κ2) is 7.92. The van der Waals surface area contributed by atoms with Crippen LogP contribution in [0.25, 0.3) is 0 Å². The zero-order valence-corrected chi connectivity index (χ0v) is 14.8. The molecule has 0 aromatic carbocycles. The normalized spacial score (nSPS) is 11.6. The standard InChI is InChI=1S/C16H22ClN5O2/c1-4-19-16(20-8-13-5-6-14(24-13)15(18)23)22(3)10-12-7-11(17)9-21(12)2/h5-7,9H,4,8,10H2,1-3H3,(H2,18,23)(H,19,20). The van der Waals surface area contributed by atoms with E-state index in [1.165, 1.54) is 0 Å². The first-order valence-electron chi connectivity index (χ1n) is 7.59. The van der Waals surface area contributed by atoms with E-state index in [9.17, 15) is 4.79 Å². The van der Waals surface area contributed by atoms with Gasteiger partial charge in [0.1, 0.15) is 12.3 Å². The summed E-state index contributed by atoms with van der Waals surface area (Å²) in [5, 5.41) is 3.94. The van der Waals surface area contributed by atoms with Crippen molar-refractivity contribution in [2.75, 3.05) is 13.6 Å². The summed E-state index contributed by atoms with van der Waals surface area (Å²) in [6, 6.07) is 5.17. The van der Waals surface area contributed by atoms with Crippen LogP contribution in [0.2, 0.25) is 5.02 Å². The van der Waals surface area contributed by atoms with Crippen LogP contribution < -0.4 is 11.1 Å². The largest absolute Gasteiger partial charge is 0.454 e. The molecule has 2 aromatic heterocycles. The lowest BCUT2D eigenvalue weighted by Gasteiger charge is -2.22. The van der Waals surface area contributed by atoms with E-state index in [2.05, 4.69) is 10.3 Å². The molecule has 1 amide bonds. The molecule has 0 radical (unpaired) electrons. The summed E-state index contributed by atoms with van der Waals surface area (Å²) in [5.74, 6) is 0.855. The topological polar surface area (TPSA) is 88.8 Å². The zero-order valence-electron chi connectivity index (χ0n) is 14.0. The number of nitrogens with zero attached hydrogens (tertiary/aromatic N) is 3. The molecule has 0 unspecified atom stereocenters. The minimum absolute atomic E-state index is 0.136. The fourth-order valence-electron chi connectivity index (χ4n) is 2.26. The minimum atomic E-state index is -0.588. The number of furan rings is 1. The van der Waals surface area contributed by atoms with Gasteiger partial charge in [-0.05, 0) is 25.1 Å². The predicted octanol–water partition coefficient (Wildman–Crippen LogP) is 1.97. The molecule has 130 valence electrons. The Balaban J connectivity index is 2.08. The molecule has 0 saturated carbocycles. The zero-order chi connectivity index (χ0) is 17.7. The fraction of sp³-hybridized carbons (Fsp3) is 0.375. The number of rotatable bonds is 6. The van der Waals surface area contributed by atoms with Gasteiger partial charge in [0.15, 0.2) is 11.7 Å². The van der Waals surface area contributed by atoms with Gasteiger partial charge in [0.2, 0.25) is 0 Å². The van der Waals surface area contributed by atoms with Gasteiger partial charge in [-0.2, -0.15) is 0 Å². The molecule has 2 rings (SSSR count). The molecule has 0 aliphatic carbocycles. The number of guanidine groups is 1. The van der Waals surface area contributed by atoms with Gasteiger partial charge < -0.3 is 24.9 Å². The third-order valence-corrected chi connectivity index (χ3v) is 3.67. The van der Waals surface area contributed by atoms with Crippen LogP contribution in [-0.4, -0.2) is 34.9 Å². The number of aryl methyl sites for hydroxylation is 1. The van der Waals surface area contributed by atoms with E-state index in [0.717, 1.165) is 18.2 Å². The first-order valence-corrected chi connectivity index (χ1v) is 7.97. The molecular formula is C16H22ClN5O2. The maximum atomic E-state index is 11.1. The lowest BCUT2D eigenvalue weighted by Crippen LogP contribution is -2.38. The van der Waals surface area contributed by atoms with E-state index in [-0.39, 0.29) is 5.76 Å². The summed E-state index contributed by atoms with van der Waals surface area (Å²) in [7, 11) is 3.90. The number of aromatic nitrogens is 1. The van der Waals surface area contributed by atoms with Gasteiger partial charge in [0.25, 0.3) is 5.91 Å². The van der Waals surface area contributed by atoms with E-state index >= 15 is 0 Å². The van der Waals surface area contributed by atoms with Crippen LogP contribution in [0.3, 0.4) is 0 Å². The number of hydrogen-bond acceptors (Lipinski definition) is 3. The SMILES string of the molecule is CCNC(=NCc1ccc(C(N)=O)o1)N(C)Cc1cc(Cl)cn1C. The second-order valence-electron chi connectivity index (χ2n) is 5.42. The first-order chi connectivity index (χ1) is 11.4. The van der Waals surface area contributed by atoms with Gasteiger partial charge in [0, 0.05) is 32.5 Å². The lowest BCUT2D eigenvalue weighted by atomic mass is 10.4. The van der Waals surface area contributed by atoms with Gasteiger partial charge in [0.05, 0.1) is 11.6 Å². The summed E-state index contributed by atoms with van der Waals surface area (Å²) in [5.41, 5.74) is 6.25. The van der Waals surface area contributed by atoms with Crippen molar-refractivity contribution in [1.82, 2.24) is 14.8 Å². The van der Waals surface area contributed by atoms with Gasteiger partial charge >= 0.3 is 0 Å². The first kappa shape index (κ1) is 17.9. The van der Waals surface area contributed by atoms with Crippen molar-refractivity contribution < 1.29 is 9.21 Å². The van der Waals surface area contributed by atoms with E-state index in [1.807, 2.05) is 42.7 Å². The molecule has 0 aliphatic rings. The van der Waals surface area contributed by atoms with Crippen LogP contribution in [0.1, 0.15) is 28.9 Å². The van der Waals surface area contributed by atoms with Crippen molar-refractivity contribution in [1.29, 1.82) is 0 Å². The summed E-state index contributed by atoms with van der Waals surface area (Å²) >= 11 is 6.02. The molecule has 0 atom stereocenters. The van der Waals surface area contributed by atoms with E-state index in [1.54, 1.807) is 12.1 Å². The van der Waals surface area contributed by atoms with Crippen molar-refractivity contribution in [3.05, 3.63) is 46.6 Å². The molecule has 2 aromatic rings. The molecule has 0 saturated heterocycles. The molecule has 8 heteroatoms. The van der Waals surface area contributed by atoms with Crippen molar-refractivity contribution in [3.63, 3.8) is 0 Å². The van der Waals surface area contributed by atoms with Crippen LogP contribution in [0.15, 0.2) is 33.8 Å². The lowest BCUT2D eigenvalue weighted by molar-refractivity contribution is 0.0972. The number of primary amides is 1. The molecular weight excluding hydrogens is 330 g/mol. The highest BCUT2D eigenvalue weighted by atomic mass is 35.5. The highest BCUT2D eigenvalue weighted by Gasteiger charge is 2.11. The third kappa shape index (κ3) is 4.55. The number of carbonyl (C=O) groups is 1. The van der Waals surface area contributed by atoms with Crippen LogP contribution in [0, 0.1) is 0 Å². The molecule has 0 bridgehead atoms. The number of nitrogens with two attached hydrogens (primary N) is 1. The number of halogens is 1. The van der Waals surface area contributed by atoms with Crippen molar-refractivity contribution in [2.45, 2.75) is 20.0 Å². The predicted molar refractivity (Wildman–Crippen MR) is 93.9 cm³/mol. The van der Waals surface area contributed by atoms with Crippen LogP contribution in [0.4, 0.5) is 0 Å². The summed E-state index contributed by atoms with van der Waals surface area (Å²) in [6.07, 6.45) is 1.86. The summed E-state index contributed by atoms with van der Waals surface area (Å²) < 4.78 is 7.32. The van der Waals surface area contributed by atoms with Crippen molar-refractivity contribution in [3.8, 4) is 0 Å². The molecule has 24 heavy (non-hydrogen) atoms. The summed E-state index contributed by atoms with van der Waals surface area (Å²) in [6.45, 7) is 3.70. The highest BCUT2D eigenvalue weighted by molar-refractivity contribution is 6.30. The summed E-state index contributed by atoms with van der Waals surface area (Å²) in [4.78, 5) is 17.6. The van der Waals surface area contributed by atoms with E-state index in [0.29, 0.717) is 23.9 Å². The third-order valence-electron chi connectivity index (χ3n) is 3.46. The Labute approximate surface area is 146 Å². The number of carbonyl (C=O) groups excluding carboxylic acids is 1. The average Bonchev–Trinajstić information content (AvgIpc) is 3.10. The second-order valence-corrected chi connectivity index (χ2v) is 5.85. The monoisotopic (exact) mass is 351 g/mol. The van der Waals surface area contributed by atoms with Crippen LogP contribution >= 0.6 is 11.6 Å². The smallest absolute Gasteiger partial charge is 0.284 e. The van der Waals surface area contributed by atoms with Crippen LogP contribution in [-0.2, 0) is 20.1 Å². The van der Waals surface area contributed by atoms with Crippen molar-refractivity contribution in [2.24, 2.45) is 17.8 Å². The van der Waals surface area contributed by atoms with Crippen LogP contribution in [0.5, 0.6) is 0 Å². The van der Waals surface area contributed by atoms with Gasteiger partial charge in [-0.3, -0.25) is 4.79 Å².